The van der Waals surface area contributed by atoms with E-state index in [4.69, 9.17) is 9.47 Å². The Morgan fingerprint density at radius 2 is 1.92 bits per heavy atom. The molecule has 0 spiro atoms. The normalized spacial score (nSPS) is 15.4. The van der Waals surface area contributed by atoms with Crippen LogP contribution in [0.1, 0.15) is 31.0 Å². The number of ether oxygens (including phenoxy) is 2. The number of nitrogens with zero attached hydrogens (tertiary/aromatic N) is 3. The molecule has 0 bridgehead atoms. The van der Waals surface area contributed by atoms with Gasteiger partial charge in [0, 0.05) is 29.8 Å². The lowest BCUT2D eigenvalue weighted by Crippen LogP contribution is -2.40. The number of hydrogen-bond acceptors (Lipinski definition) is 7. The number of benzene rings is 2. The highest BCUT2D eigenvalue weighted by atomic mass is 79.9. The first-order chi connectivity index (χ1) is 17.2. The van der Waals surface area contributed by atoms with Crippen LogP contribution < -0.4 is 24.5 Å². The molecular weight excluding hydrogens is 610 g/mol. The van der Waals surface area contributed by atoms with Gasteiger partial charge in [-0.05, 0) is 65.7 Å². The summed E-state index contributed by atoms with van der Waals surface area (Å²) in [6, 6.07) is 10.9. The molecule has 10 heteroatoms. The average molecular weight is 635 g/mol. The Morgan fingerprint density at radius 3 is 2.53 bits per heavy atom. The van der Waals surface area contributed by atoms with Gasteiger partial charge in [0.2, 0.25) is 0 Å². The first kappa shape index (κ1) is 26.4. The average Bonchev–Trinajstić information content (AvgIpc) is 3.12. The van der Waals surface area contributed by atoms with Gasteiger partial charge in [0.1, 0.15) is 5.75 Å². The minimum Gasteiger partial charge on any atom is -0.495 e. The summed E-state index contributed by atoms with van der Waals surface area (Å²) in [5.74, 6) is 0.135. The molecule has 0 fully saturated rings. The van der Waals surface area contributed by atoms with Gasteiger partial charge >= 0.3 is 5.97 Å². The third kappa shape index (κ3) is 4.94. The number of methoxy groups -OCH3 is 1. The molecule has 0 radical (unpaired) electrons. The summed E-state index contributed by atoms with van der Waals surface area (Å²) >= 11 is 8.29. The number of rotatable bonds is 6. The third-order valence-corrected chi connectivity index (χ3v) is 7.80. The molecule has 7 nitrogen and oxygen atoms in total. The van der Waals surface area contributed by atoms with Crippen molar-refractivity contribution in [3.8, 4) is 5.75 Å². The topological polar surface area (TPSA) is 73.1 Å². The Morgan fingerprint density at radius 1 is 1.22 bits per heavy atom. The van der Waals surface area contributed by atoms with E-state index in [1.54, 1.807) is 31.6 Å². The summed E-state index contributed by atoms with van der Waals surface area (Å²) in [6.45, 7) is 3.76. The van der Waals surface area contributed by atoms with Gasteiger partial charge in [-0.3, -0.25) is 9.36 Å². The molecule has 1 aromatic heterocycles. The Kier molecular flexibility index (Phi) is 7.87. The SMILES string of the molecule is CCOC(=O)C1=C(C)N=c2s/c(=C\c3cc(Br)cc(Br)c3OC)c(=O)n2[C@H]1c1ccc(N(C)C)cc1. The van der Waals surface area contributed by atoms with Gasteiger partial charge in [-0.15, -0.1) is 0 Å². The number of halogens is 2. The Balaban J connectivity index is 1.97. The minimum atomic E-state index is -0.658. The molecule has 0 aliphatic carbocycles. The van der Waals surface area contributed by atoms with Gasteiger partial charge in [-0.1, -0.05) is 39.4 Å². The molecule has 1 atom stereocenters. The number of carbonyl (C=O) groups is 1. The number of fused-ring (bicyclic) bond motifs is 1. The number of anilines is 1. The number of carbonyl (C=O) groups excluding carboxylic acids is 1. The molecule has 36 heavy (non-hydrogen) atoms. The molecule has 2 aromatic carbocycles. The van der Waals surface area contributed by atoms with Gasteiger partial charge in [-0.2, -0.15) is 0 Å². The van der Waals surface area contributed by atoms with E-state index >= 15 is 0 Å². The van der Waals surface area contributed by atoms with Gasteiger partial charge in [0.15, 0.2) is 4.80 Å². The fourth-order valence-electron chi connectivity index (χ4n) is 4.11. The predicted molar refractivity (Wildman–Crippen MR) is 150 cm³/mol. The van der Waals surface area contributed by atoms with Crippen molar-refractivity contribution in [1.29, 1.82) is 0 Å². The third-order valence-electron chi connectivity index (χ3n) is 5.77. The monoisotopic (exact) mass is 633 g/mol. The van der Waals surface area contributed by atoms with Crippen LogP contribution in [0.15, 0.2) is 66.4 Å². The predicted octanol–water partition coefficient (Wildman–Crippen LogP) is 4.40. The first-order valence-corrected chi connectivity index (χ1v) is 13.6. The van der Waals surface area contributed by atoms with E-state index in [1.165, 1.54) is 11.3 Å². The zero-order valence-corrected chi connectivity index (χ0v) is 24.5. The highest BCUT2D eigenvalue weighted by Gasteiger charge is 2.33. The Labute approximate surface area is 229 Å². The molecule has 2 heterocycles. The number of allylic oxidation sites excluding steroid dienone is 1. The maximum Gasteiger partial charge on any atom is 0.338 e. The largest absolute Gasteiger partial charge is 0.495 e. The second kappa shape index (κ2) is 10.7. The standard InChI is InChI=1S/C26H25Br2N3O4S/c1-6-35-25(33)21-14(2)29-26-31(22(21)15-7-9-18(10-8-15)30(3)4)24(32)20(36-26)12-16-11-17(27)13-19(28)23(16)34-5/h7-13,22H,6H2,1-5H3/b20-12-/t22-/m0/s1. The van der Waals surface area contributed by atoms with Crippen LogP contribution in [0, 0.1) is 0 Å². The quantitative estimate of drug-likeness (QED) is 0.376. The smallest absolute Gasteiger partial charge is 0.338 e. The summed E-state index contributed by atoms with van der Waals surface area (Å²) in [4.78, 5) is 34.0. The van der Waals surface area contributed by atoms with E-state index in [9.17, 15) is 9.59 Å². The van der Waals surface area contributed by atoms with Crippen LogP contribution >= 0.6 is 43.2 Å². The van der Waals surface area contributed by atoms with Gasteiger partial charge in [0.05, 0.1) is 40.0 Å². The van der Waals surface area contributed by atoms with Crippen molar-refractivity contribution < 1.29 is 14.3 Å². The summed E-state index contributed by atoms with van der Waals surface area (Å²) in [6.07, 6.45) is 1.79. The van der Waals surface area contributed by atoms with Gasteiger partial charge in [-0.25, -0.2) is 9.79 Å². The Hall–Kier alpha value is -2.69. The molecule has 188 valence electrons. The van der Waals surface area contributed by atoms with E-state index in [2.05, 4.69) is 36.9 Å². The van der Waals surface area contributed by atoms with Crippen molar-refractivity contribution in [2.75, 3.05) is 32.7 Å². The summed E-state index contributed by atoms with van der Waals surface area (Å²) in [5.41, 5.74) is 3.19. The lowest BCUT2D eigenvalue weighted by atomic mass is 9.95. The van der Waals surface area contributed by atoms with Gasteiger partial charge in [0.25, 0.3) is 5.56 Å². The molecule has 1 aliphatic heterocycles. The number of esters is 1. The number of hydrogen-bond donors (Lipinski definition) is 0. The molecule has 0 amide bonds. The lowest BCUT2D eigenvalue weighted by Gasteiger charge is -2.25. The fraction of sp³-hybridized carbons (Fsp3) is 0.269. The second-order valence-corrected chi connectivity index (χ2v) is 11.1. The van der Waals surface area contributed by atoms with E-state index in [0.717, 1.165) is 25.8 Å². The molecule has 0 saturated heterocycles. The zero-order valence-electron chi connectivity index (χ0n) is 20.5. The zero-order chi connectivity index (χ0) is 26.1. The van der Waals surface area contributed by atoms with Crippen LogP contribution in [0.4, 0.5) is 5.69 Å². The van der Waals surface area contributed by atoms with Crippen LogP contribution in [0.25, 0.3) is 6.08 Å². The molecule has 1 aliphatic rings. The van der Waals surface area contributed by atoms with Crippen LogP contribution in [0.5, 0.6) is 5.75 Å². The molecule has 4 rings (SSSR count). The second-order valence-electron chi connectivity index (χ2n) is 8.30. The van der Waals surface area contributed by atoms with Crippen molar-refractivity contribution in [2.45, 2.75) is 19.9 Å². The van der Waals surface area contributed by atoms with Crippen molar-refractivity contribution in [2.24, 2.45) is 4.99 Å². The van der Waals surface area contributed by atoms with E-state index in [1.807, 2.05) is 55.4 Å². The summed E-state index contributed by atoms with van der Waals surface area (Å²) < 4.78 is 14.6. The van der Waals surface area contributed by atoms with Gasteiger partial charge < -0.3 is 14.4 Å². The first-order valence-electron chi connectivity index (χ1n) is 11.2. The minimum absolute atomic E-state index is 0.226. The summed E-state index contributed by atoms with van der Waals surface area (Å²) in [5, 5.41) is 0. The van der Waals surface area contributed by atoms with Crippen LogP contribution in [0.2, 0.25) is 0 Å². The Bertz CT molecular complexity index is 1540. The van der Waals surface area contributed by atoms with Crippen molar-refractivity contribution in [3.05, 3.63) is 87.4 Å². The van der Waals surface area contributed by atoms with E-state index in [0.29, 0.717) is 26.4 Å². The van der Waals surface area contributed by atoms with E-state index < -0.39 is 12.0 Å². The molecule has 3 aromatic rings. The highest BCUT2D eigenvalue weighted by Crippen LogP contribution is 2.34. The molecular formula is C26H25Br2N3O4S. The van der Waals surface area contributed by atoms with Crippen LogP contribution in [-0.4, -0.2) is 38.3 Å². The van der Waals surface area contributed by atoms with Crippen molar-refractivity contribution >= 4 is 60.9 Å². The van der Waals surface area contributed by atoms with Crippen molar-refractivity contribution in [1.82, 2.24) is 4.57 Å². The van der Waals surface area contributed by atoms with Crippen LogP contribution in [0.3, 0.4) is 0 Å². The highest BCUT2D eigenvalue weighted by molar-refractivity contribution is 9.11. The summed E-state index contributed by atoms with van der Waals surface area (Å²) in [7, 11) is 5.50. The number of aromatic nitrogens is 1. The maximum absolute atomic E-state index is 13.8. The molecule has 0 unspecified atom stereocenters. The van der Waals surface area contributed by atoms with E-state index in [-0.39, 0.29) is 12.2 Å². The maximum atomic E-state index is 13.8. The lowest BCUT2D eigenvalue weighted by molar-refractivity contribution is -0.139. The fourth-order valence-corrected chi connectivity index (χ4v) is 6.56. The van der Waals surface area contributed by atoms with Crippen molar-refractivity contribution in [3.63, 3.8) is 0 Å². The van der Waals surface area contributed by atoms with Crippen LogP contribution in [-0.2, 0) is 9.53 Å². The molecule has 0 N–H and O–H groups in total. The number of thiazole rings is 1. The molecule has 0 saturated carbocycles.